The lowest BCUT2D eigenvalue weighted by molar-refractivity contribution is -0.143. The predicted octanol–water partition coefficient (Wildman–Crippen LogP) is 2.05. The molecule has 1 saturated heterocycles. The van der Waals surface area contributed by atoms with Gasteiger partial charge in [-0.15, -0.1) is 0 Å². The number of alkyl halides is 3. The van der Waals surface area contributed by atoms with Crippen molar-refractivity contribution in [3.05, 3.63) is 21.6 Å². The topological polar surface area (TPSA) is 56.2 Å². The lowest BCUT2D eigenvalue weighted by Gasteiger charge is -2.25. The Kier molecular flexibility index (Phi) is 3.97. The molecule has 9 heteroatoms. The fraction of sp³-hybridized carbons (Fsp3) is 0.636. The van der Waals surface area contributed by atoms with Crippen LogP contribution in [0.15, 0.2) is 11.0 Å². The normalized spacial score (nSPS) is 23.1. The van der Waals surface area contributed by atoms with Crippen LogP contribution in [0.5, 0.6) is 0 Å². The number of hydrogen-bond donors (Lipinski definition) is 1. The van der Waals surface area contributed by atoms with Crippen LogP contribution in [-0.4, -0.2) is 34.7 Å². The fourth-order valence-corrected chi connectivity index (χ4v) is 2.12. The lowest BCUT2D eigenvalue weighted by atomic mass is 10.0. The summed E-state index contributed by atoms with van der Waals surface area (Å²) in [7, 11) is 0. The molecule has 0 aromatic carbocycles. The van der Waals surface area contributed by atoms with Gasteiger partial charge in [-0.25, -0.2) is 4.68 Å². The van der Waals surface area contributed by atoms with Crippen molar-refractivity contribution in [3.8, 4) is 0 Å². The average molecular weight is 312 g/mol. The first-order valence-electron chi connectivity index (χ1n) is 5.88. The quantitative estimate of drug-likeness (QED) is 0.928. The van der Waals surface area contributed by atoms with Crippen molar-refractivity contribution in [1.29, 1.82) is 0 Å². The lowest BCUT2D eigenvalue weighted by Crippen LogP contribution is -2.37. The largest absolute Gasteiger partial charge is 0.408 e. The van der Waals surface area contributed by atoms with Crippen LogP contribution in [0.25, 0.3) is 0 Å². The summed E-state index contributed by atoms with van der Waals surface area (Å²) in [6.07, 6.45) is -2.70. The molecule has 1 atom stereocenters. The number of anilines is 1. The Morgan fingerprint density at radius 1 is 1.60 bits per heavy atom. The molecule has 5 nitrogen and oxygen atoms in total. The minimum Gasteiger partial charge on any atom is -0.379 e. The van der Waals surface area contributed by atoms with Crippen LogP contribution in [0.3, 0.4) is 0 Å². The van der Waals surface area contributed by atoms with Gasteiger partial charge in [0.25, 0.3) is 5.56 Å². The van der Waals surface area contributed by atoms with Gasteiger partial charge >= 0.3 is 6.18 Å². The molecular formula is C11H13ClF3N3O2. The highest BCUT2D eigenvalue weighted by Crippen LogP contribution is 2.26. The maximum absolute atomic E-state index is 12.3. The summed E-state index contributed by atoms with van der Waals surface area (Å²) in [5.74, 6) is 0. The summed E-state index contributed by atoms with van der Waals surface area (Å²) in [6.45, 7) is 1.40. The predicted molar refractivity (Wildman–Crippen MR) is 67.0 cm³/mol. The second-order valence-electron chi connectivity index (χ2n) is 4.94. The number of halogens is 4. The van der Waals surface area contributed by atoms with E-state index in [0.29, 0.717) is 24.3 Å². The SMILES string of the molecule is CC1(Nc2cnn(CC(F)(F)F)c(=O)c2Cl)CCOC1. The molecule has 1 aliphatic heterocycles. The van der Waals surface area contributed by atoms with Crippen LogP contribution in [0, 0.1) is 0 Å². The van der Waals surface area contributed by atoms with Gasteiger partial charge in [-0.3, -0.25) is 4.79 Å². The molecule has 0 amide bonds. The minimum absolute atomic E-state index is 0.211. The molecule has 20 heavy (non-hydrogen) atoms. The van der Waals surface area contributed by atoms with Crippen LogP contribution >= 0.6 is 11.6 Å². The van der Waals surface area contributed by atoms with Crippen molar-refractivity contribution in [2.24, 2.45) is 0 Å². The van der Waals surface area contributed by atoms with E-state index in [-0.39, 0.29) is 10.7 Å². The third-order valence-corrected chi connectivity index (χ3v) is 3.33. The van der Waals surface area contributed by atoms with Crippen LogP contribution in [0.1, 0.15) is 13.3 Å². The summed E-state index contributed by atoms with van der Waals surface area (Å²) in [4.78, 5) is 11.7. The molecule has 0 aliphatic carbocycles. The fourth-order valence-electron chi connectivity index (χ4n) is 1.93. The molecule has 2 rings (SSSR count). The standard InChI is InChI=1S/C11H13ClF3N3O2/c1-10(2-3-20-6-10)17-7-4-16-18(5-11(13,14)15)9(19)8(7)12/h4,17H,2-3,5-6H2,1H3. The van der Waals surface area contributed by atoms with Crippen molar-refractivity contribution in [2.75, 3.05) is 18.5 Å². The molecule has 1 unspecified atom stereocenters. The first kappa shape index (κ1) is 15.1. The summed E-state index contributed by atoms with van der Waals surface area (Å²) < 4.78 is 42.3. The van der Waals surface area contributed by atoms with E-state index in [1.165, 1.54) is 0 Å². The maximum Gasteiger partial charge on any atom is 0.408 e. The third-order valence-electron chi connectivity index (χ3n) is 2.97. The molecule has 0 radical (unpaired) electrons. The third kappa shape index (κ3) is 3.43. The van der Waals surface area contributed by atoms with Gasteiger partial charge in [0.2, 0.25) is 0 Å². The van der Waals surface area contributed by atoms with Gasteiger partial charge in [0.1, 0.15) is 11.6 Å². The summed E-state index contributed by atoms with van der Waals surface area (Å²) >= 11 is 5.82. The average Bonchev–Trinajstić information content (AvgIpc) is 2.74. The maximum atomic E-state index is 12.3. The Morgan fingerprint density at radius 2 is 2.30 bits per heavy atom. The second-order valence-corrected chi connectivity index (χ2v) is 5.32. The zero-order valence-electron chi connectivity index (χ0n) is 10.6. The van der Waals surface area contributed by atoms with Crippen LogP contribution < -0.4 is 10.9 Å². The van der Waals surface area contributed by atoms with Gasteiger partial charge < -0.3 is 10.1 Å². The number of hydrogen-bond acceptors (Lipinski definition) is 4. The first-order chi connectivity index (χ1) is 9.20. The van der Waals surface area contributed by atoms with Crippen LogP contribution in [-0.2, 0) is 11.3 Å². The number of nitrogens with one attached hydrogen (secondary N) is 1. The van der Waals surface area contributed by atoms with Crippen molar-refractivity contribution < 1.29 is 17.9 Å². The second kappa shape index (κ2) is 5.25. The number of nitrogens with zero attached hydrogens (tertiary/aromatic N) is 2. The number of ether oxygens (including phenoxy) is 1. The van der Waals surface area contributed by atoms with E-state index in [1.54, 1.807) is 0 Å². The molecule has 0 bridgehead atoms. The number of aromatic nitrogens is 2. The zero-order chi connectivity index (χ0) is 15.0. The highest BCUT2D eigenvalue weighted by atomic mass is 35.5. The van der Waals surface area contributed by atoms with Crippen molar-refractivity contribution >= 4 is 17.3 Å². The van der Waals surface area contributed by atoms with E-state index >= 15 is 0 Å². The van der Waals surface area contributed by atoms with Gasteiger partial charge in [0, 0.05) is 6.61 Å². The molecule has 1 aliphatic rings. The Hall–Kier alpha value is -1.28. The Balaban J connectivity index is 2.25. The molecule has 1 fully saturated rings. The summed E-state index contributed by atoms with van der Waals surface area (Å²) in [5.41, 5.74) is -1.17. The van der Waals surface area contributed by atoms with Gasteiger partial charge in [-0.05, 0) is 13.3 Å². The summed E-state index contributed by atoms with van der Waals surface area (Å²) in [5, 5.41) is 6.19. The van der Waals surface area contributed by atoms with Gasteiger partial charge in [0.05, 0.1) is 24.0 Å². The van der Waals surface area contributed by atoms with E-state index in [2.05, 4.69) is 10.4 Å². The van der Waals surface area contributed by atoms with Gasteiger partial charge in [-0.1, -0.05) is 11.6 Å². The highest BCUT2D eigenvalue weighted by molar-refractivity contribution is 6.32. The Bertz CT molecular complexity index is 553. The van der Waals surface area contributed by atoms with Gasteiger partial charge in [0.15, 0.2) is 0 Å². The van der Waals surface area contributed by atoms with Crippen molar-refractivity contribution in [2.45, 2.75) is 31.6 Å². The zero-order valence-corrected chi connectivity index (χ0v) is 11.4. The molecule has 0 saturated carbocycles. The van der Waals surface area contributed by atoms with Gasteiger partial charge in [-0.2, -0.15) is 18.3 Å². The monoisotopic (exact) mass is 311 g/mol. The highest BCUT2D eigenvalue weighted by Gasteiger charge is 2.32. The van der Waals surface area contributed by atoms with E-state index in [9.17, 15) is 18.0 Å². The van der Waals surface area contributed by atoms with E-state index in [1.807, 2.05) is 6.92 Å². The smallest absolute Gasteiger partial charge is 0.379 e. The number of rotatable bonds is 3. The molecule has 1 aromatic rings. The molecule has 1 N–H and O–H groups in total. The van der Waals surface area contributed by atoms with E-state index in [4.69, 9.17) is 16.3 Å². The van der Waals surface area contributed by atoms with Crippen molar-refractivity contribution in [1.82, 2.24) is 9.78 Å². The molecule has 112 valence electrons. The first-order valence-corrected chi connectivity index (χ1v) is 6.26. The van der Waals surface area contributed by atoms with Crippen LogP contribution in [0.2, 0.25) is 5.02 Å². The van der Waals surface area contributed by atoms with E-state index in [0.717, 1.165) is 6.20 Å². The Morgan fingerprint density at radius 3 is 2.85 bits per heavy atom. The molecule has 0 spiro atoms. The minimum atomic E-state index is -4.53. The molecule has 2 heterocycles. The van der Waals surface area contributed by atoms with E-state index < -0.39 is 23.8 Å². The molecular weight excluding hydrogens is 299 g/mol. The molecule has 1 aromatic heterocycles. The van der Waals surface area contributed by atoms with Crippen LogP contribution in [0.4, 0.5) is 18.9 Å². The Labute approximate surface area is 117 Å². The summed E-state index contributed by atoms with van der Waals surface area (Å²) in [6, 6.07) is 0. The van der Waals surface area contributed by atoms with Crippen molar-refractivity contribution in [3.63, 3.8) is 0 Å².